The molecule has 0 atom stereocenters. The van der Waals surface area contributed by atoms with Crippen LogP contribution in [-0.2, 0) is 0 Å². The van der Waals surface area contributed by atoms with Gasteiger partial charge in [-0.1, -0.05) is 0 Å². The number of benzene rings is 2. The molecule has 2 aromatic carbocycles. The average Bonchev–Trinajstić information content (AvgIpc) is 2.67. The molecule has 0 heterocycles. The van der Waals surface area contributed by atoms with Gasteiger partial charge >= 0.3 is 0 Å². The van der Waals surface area contributed by atoms with Gasteiger partial charge in [-0.05, 0) is 50.2 Å². The molecule has 0 aromatic heterocycles. The van der Waals surface area contributed by atoms with Crippen LogP contribution in [0.25, 0.3) is 0 Å². The van der Waals surface area contributed by atoms with Crippen molar-refractivity contribution in [1.82, 2.24) is 5.43 Å². The molecule has 0 aliphatic heterocycles. The highest BCUT2D eigenvalue weighted by molar-refractivity contribution is 6.01. The lowest BCUT2D eigenvalue weighted by molar-refractivity contribution is -0.255. The number of carbonyl (C=O) groups is 2. The number of amides is 1. The molecule has 0 fully saturated rings. The first-order valence-corrected chi connectivity index (χ1v) is 8.43. The van der Waals surface area contributed by atoms with Crippen LogP contribution in [0.1, 0.15) is 40.1 Å². The molecule has 8 heteroatoms. The number of hydrazone groups is 1. The standard InChI is InChI=1S/C20H22N2O6/c1-12(2)28-15-8-5-13(6-9-15)19(23)22-21-11-14-7-10-16(26-3)18(27-4)17(14)20(24)25/h5-12H,1-4H3,(H,22,23)(H,24,25)/p-1/b21-11-. The molecule has 2 rings (SSSR count). The molecule has 148 valence electrons. The molecule has 0 saturated carbocycles. The van der Waals surface area contributed by atoms with E-state index in [1.54, 1.807) is 24.3 Å². The lowest BCUT2D eigenvalue weighted by Crippen LogP contribution is -2.25. The van der Waals surface area contributed by atoms with Crippen LogP contribution >= 0.6 is 0 Å². The molecule has 0 aliphatic rings. The average molecular weight is 385 g/mol. The first kappa shape index (κ1) is 20.8. The Labute approximate surface area is 162 Å². The molecular weight excluding hydrogens is 364 g/mol. The van der Waals surface area contributed by atoms with E-state index >= 15 is 0 Å². The van der Waals surface area contributed by atoms with Gasteiger partial charge < -0.3 is 24.1 Å². The molecule has 0 aliphatic carbocycles. The van der Waals surface area contributed by atoms with Crippen molar-refractivity contribution < 1.29 is 28.9 Å². The predicted octanol–water partition coefficient (Wildman–Crippen LogP) is 1.62. The molecule has 0 spiro atoms. The third-order valence-corrected chi connectivity index (χ3v) is 3.64. The molecule has 1 amide bonds. The number of aromatic carboxylic acids is 1. The highest BCUT2D eigenvalue weighted by atomic mass is 16.5. The number of carbonyl (C=O) groups excluding carboxylic acids is 2. The van der Waals surface area contributed by atoms with Gasteiger partial charge in [0, 0.05) is 11.1 Å². The van der Waals surface area contributed by atoms with E-state index in [4.69, 9.17) is 14.2 Å². The summed E-state index contributed by atoms with van der Waals surface area (Å²) in [7, 11) is 2.71. The van der Waals surface area contributed by atoms with Crippen LogP contribution in [0.3, 0.4) is 0 Å². The third-order valence-electron chi connectivity index (χ3n) is 3.64. The van der Waals surface area contributed by atoms with Crippen molar-refractivity contribution in [3.05, 3.63) is 53.1 Å². The van der Waals surface area contributed by atoms with Gasteiger partial charge in [0.05, 0.1) is 38.1 Å². The number of nitrogens with one attached hydrogen (secondary N) is 1. The van der Waals surface area contributed by atoms with Crippen molar-refractivity contribution in [3.63, 3.8) is 0 Å². The van der Waals surface area contributed by atoms with Gasteiger partial charge in [-0.15, -0.1) is 0 Å². The number of rotatable bonds is 8. The van der Waals surface area contributed by atoms with Crippen molar-refractivity contribution in [2.24, 2.45) is 5.10 Å². The molecular formula is C20H21N2O6-. The van der Waals surface area contributed by atoms with Crippen LogP contribution in [0.15, 0.2) is 41.5 Å². The summed E-state index contributed by atoms with van der Waals surface area (Å²) in [6.45, 7) is 3.81. The molecule has 0 radical (unpaired) electrons. The lowest BCUT2D eigenvalue weighted by Gasteiger charge is -2.15. The van der Waals surface area contributed by atoms with Crippen molar-refractivity contribution in [2.75, 3.05) is 14.2 Å². The number of ether oxygens (including phenoxy) is 3. The fourth-order valence-corrected chi connectivity index (χ4v) is 2.44. The Balaban J connectivity index is 2.16. The third kappa shape index (κ3) is 5.00. The molecule has 0 bridgehead atoms. The predicted molar refractivity (Wildman–Crippen MR) is 101 cm³/mol. The monoisotopic (exact) mass is 385 g/mol. The lowest BCUT2D eigenvalue weighted by atomic mass is 10.1. The zero-order valence-corrected chi connectivity index (χ0v) is 16.0. The van der Waals surface area contributed by atoms with E-state index in [1.165, 1.54) is 32.6 Å². The Bertz CT molecular complexity index is 875. The number of hydrogen-bond acceptors (Lipinski definition) is 7. The van der Waals surface area contributed by atoms with Gasteiger partial charge in [0.2, 0.25) is 0 Å². The van der Waals surface area contributed by atoms with Crippen LogP contribution in [-0.4, -0.2) is 38.4 Å². The number of methoxy groups -OCH3 is 2. The molecule has 1 N–H and O–H groups in total. The number of carboxylic acids is 1. The maximum Gasteiger partial charge on any atom is 0.271 e. The Morgan fingerprint density at radius 1 is 1.07 bits per heavy atom. The summed E-state index contributed by atoms with van der Waals surface area (Å²) in [5.41, 5.74) is 2.69. The smallest absolute Gasteiger partial charge is 0.271 e. The summed E-state index contributed by atoms with van der Waals surface area (Å²) >= 11 is 0. The quantitative estimate of drug-likeness (QED) is 0.546. The van der Waals surface area contributed by atoms with Gasteiger partial charge in [-0.25, -0.2) is 5.43 Å². The molecule has 0 saturated heterocycles. The van der Waals surface area contributed by atoms with E-state index in [-0.39, 0.29) is 28.7 Å². The van der Waals surface area contributed by atoms with Gasteiger partial charge in [-0.3, -0.25) is 4.79 Å². The fraction of sp³-hybridized carbons (Fsp3) is 0.250. The largest absolute Gasteiger partial charge is 0.545 e. The SMILES string of the molecule is COc1ccc(/C=N\NC(=O)c2ccc(OC(C)C)cc2)c(C(=O)[O-])c1OC. The minimum Gasteiger partial charge on any atom is -0.545 e. The zero-order chi connectivity index (χ0) is 20.7. The molecule has 0 unspecified atom stereocenters. The van der Waals surface area contributed by atoms with E-state index in [9.17, 15) is 14.7 Å². The van der Waals surface area contributed by atoms with Crippen LogP contribution in [0.2, 0.25) is 0 Å². The first-order valence-electron chi connectivity index (χ1n) is 8.43. The van der Waals surface area contributed by atoms with Crippen molar-refractivity contribution in [1.29, 1.82) is 0 Å². The number of nitrogens with zero attached hydrogens (tertiary/aromatic N) is 1. The van der Waals surface area contributed by atoms with Gasteiger partial charge in [-0.2, -0.15) is 5.10 Å². The Kier molecular flexibility index (Phi) is 6.97. The second-order valence-corrected chi connectivity index (χ2v) is 5.94. The van der Waals surface area contributed by atoms with E-state index in [2.05, 4.69) is 10.5 Å². The highest BCUT2D eigenvalue weighted by Crippen LogP contribution is 2.32. The number of carboxylic acid groups (broad SMARTS) is 1. The van der Waals surface area contributed by atoms with Gasteiger partial charge in [0.1, 0.15) is 5.75 Å². The van der Waals surface area contributed by atoms with Gasteiger partial charge in [0.25, 0.3) is 5.91 Å². The van der Waals surface area contributed by atoms with Crippen molar-refractivity contribution in [2.45, 2.75) is 20.0 Å². The molecule has 2 aromatic rings. The van der Waals surface area contributed by atoms with E-state index in [1.807, 2.05) is 13.8 Å². The summed E-state index contributed by atoms with van der Waals surface area (Å²) in [5.74, 6) is -1.00. The van der Waals surface area contributed by atoms with E-state index in [0.717, 1.165) is 0 Å². The summed E-state index contributed by atoms with van der Waals surface area (Å²) in [6.07, 6.45) is 1.23. The van der Waals surface area contributed by atoms with Crippen molar-refractivity contribution in [3.8, 4) is 17.2 Å². The second kappa shape index (κ2) is 9.40. The summed E-state index contributed by atoms with van der Waals surface area (Å²) in [4.78, 5) is 23.7. The van der Waals surface area contributed by atoms with Crippen LogP contribution < -0.4 is 24.7 Å². The Hall–Kier alpha value is -3.55. The number of hydrogen-bond donors (Lipinski definition) is 1. The molecule has 8 nitrogen and oxygen atoms in total. The summed E-state index contributed by atoms with van der Waals surface area (Å²) < 4.78 is 15.7. The maximum atomic E-state index is 12.2. The fourth-order valence-electron chi connectivity index (χ4n) is 2.44. The topological polar surface area (TPSA) is 109 Å². The molecule has 28 heavy (non-hydrogen) atoms. The Morgan fingerprint density at radius 2 is 1.75 bits per heavy atom. The van der Waals surface area contributed by atoms with Gasteiger partial charge in [0.15, 0.2) is 11.5 Å². The van der Waals surface area contributed by atoms with E-state index in [0.29, 0.717) is 11.3 Å². The summed E-state index contributed by atoms with van der Waals surface area (Å²) in [6, 6.07) is 9.57. The van der Waals surface area contributed by atoms with E-state index < -0.39 is 11.9 Å². The second-order valence-electron chi connectivity index (χ2n) is 5.94. The maximum absolute atomic E-state index is 12.2. The summed E-state index contributed by atoms with van der Waals surface area (Å²) in [5, 5.41) is 15.3. The highest BCUT2D eigenvalue weighted by Gasteiger charge is 2.15. The Morgan fingerprint density at radius 3 is 2.29 bits per heavy atom. The minimum absolute atomic E-state index is 0.0125. The van der Waals surface area contributed by atoms with Crippen molar-refractivity contribution >= 4 is 18.1 Å². The first-order chi connectivity index (χ1) is 13.4. The van der Waals surface area contributed by atoms with Crippen LogP contribution in [0.4, 0.5) is 0 Å². The van der Waals surface area contributed by atoms with Crippen LogP contribution in [0.5, 0.6) is 17.2 Å². The van der Waals surface area contributed by atoms with Crippen LogP contribution in [0, 0.1) is 0 Å². The zero-order valence-electron chi connectivity index (χ0n) is 16.0. The minimum atomic E-state index is -1.45. The normalized spacial score (nSPS) is 10.8.